The van der Waals surface area contributed by atoms with Crippen LogP contribution in [0, 0.1) is 11.3 Å². The molecule has 138 valence electrons. The highest BCUT2D eigenvalue weighted by atomic mass is 16.5. The minimum absolute atomic E-state index is 0.0541. The Balaban J connectivity index is 1.48. The van der Waals surface area contributed by atoms with Crippen LogP contribution in [0.3, 0.4) is 0 Å². The van der Waals surface area contributed by atoms with Gasteiger partial charge in [-0.05, 0) is 43.2 Å². The van der Waals surface area contributed by atoms with Crippen molar-refractivity contribution in [2.24, 2.45) is 0 Å². The van der Waals surface area contributed by atoms with Crippen LogP contribution >= 0.6 is 0 Å². The first-order valence-electron chi connectivity index (χ1n) is 9.23. The third-order valence-electron chi connectivity index (χ3n) is 5.00. The Hall–Kier alpha value is -2.98. The lowest BCUT2D eigenvalue weighted by atomic mass is 10.1. The van der Waals surface area contributed by atoms with Gasteiger partial charge in [-0.25, -0.2) is 9.97 Å². The van der Waals surface area contributed by atoms with Crippen molar-refractivity contribution < 1.29 is 9.53 Å². The van der Waals surface area contributed by atoms with Crippen LogP contribution in [-0.2, 0) is 4.74 Å². The number of morpholine rings is 1. The third-order valence-corrected chi connectivity index (χ3v) is 5.00. The maximum absolute atomic E-state index is 12.8. The summed E-state index contributed by atoms with van der Waals surface area (Å²) < 4.78 is 5.89. The van der Waals surface area contributed by atoms with Crippen LogP contribution < -0.4 is 4.90 Å². The van der Waals surface area contributed by atoms with Gasteiger partial charge in [-0.1, -0.05) is 0 Å². The molecule has 1 aromatic carbocycles. The minimum atomic E-state index is -0.259. The first kappa shape index (κ1) is 17.4. The van der Waals surface area contributed by atoms with Gasteiger partial charge in [-0.3, -0.25) is 4.79 Å². The highest BCUT2D eigenvalue weighted by molar-refractivity contribution is 5.94. The van der Waals surface area contributed by atoms with Crippen molar-refractivity contribution in [3.63, 3.8) is 0 Å². The van der Waals surface area contributed by atoms with Crippen molar-refractivity contribution in [1.29, 1.82) is 5.26 Å². The Morgan fingerprint density at radius 3 is 2.67 bits per heavy atom. The predicted molar refractivity (Wildman–Crippen MR) is 99.2 cm³/mol. The fourth-order valence-electron chi connectivity index (χ4n) is 3.49. The summed E-state index contributed by atoms with van der Waals surface area (Å²) in [7, 11) is 0. The lowest BCUT2D eigenvalue weighted by Crippen LogP contribution is -2.42. The molecule has 0 aliphatic carbocycles. The van der Waals surface area contributed by atoms with Crippen molar-refractivity contribution in [3.05, 3.63) is 53.3 Å². The van der Waals surface area contributed by atoms with E-state index >= 15 is 0 Å². The van der Waals surface area contributed by atoms with E-state index in [0.29, 0.717) is 30.8 Å². The van der Waals surface area contributed by atoms with Crippen LogP contribution in [0.15, 0.2) is 36.5 Å². The fraction of sp³-hybridized carbons (Fsp3) is 0.400. The van der Waals surface area contributed by atoms with E-state index in [2.05, 4.69) is 20.9 Å². The number of aromatic nitrogens is 2. The quantitative estimate of drug-likeness (QED) is 0.831. The van der Waals surface area contributed by atoms with Gasteiger partial charge in [0.2, 0.25) is 5.95 Å². The van der Waals surface area contributed by atoms with Gasteiger partial charge < -0.3 is 14.5 Å². The number of anilines is 1. The van der Waals surface area contributed by atoms with E-state index in [1.54, 1.807) is 35.4 Å². The normalized spacial score (nSPS) is 19.7. The number of rotatable bonds is 3. The van der Waals surface area contributed by atoms with Crippen molar-refractivity contribution in [3.8, 4) is 6.07 Å². The number of hydrogen-bond acceptors (Lipinski definition) is 6. The number of benzene rings is 1. The molecule has 2 aliphatic rings. The van der Waals surface area contributed by atoms with E-state index in [0.717, 1.165) is 24.7 Å². The van der Waals surface area contributed by atoms with Crippen LogP contribution in [0.2, 0.25) is 0 Å². The van der Waals surface area contributed by atoms with Crippen molar-refractivity contribution in [2.75, 3.05) is 37.7 Å². The SMILES string of the molecule is N#Cc1ccc(C(=O)N2CCOC(c3ccnc(N4CCCC4)n3)C2)cc1. The monoisotopic (exact) mass is 363 g/mol. The topological polar surface area (TPSA) is 82.3 Å². The van der Waals surface area contributed by atoms with Gasteiger partial charge in [0.15, 0.2) is 0 Å². The zero-order valence-corrected chi connectivity index (χ0v) is 15.0. The van der Waals surface area contributed by atoms with Crippen LogP contribution in [0.1, 0.15) is 40.6 Å². The van der Waals surface area contributed by atoms with Crippen LogP contribution in [0.4, 0.5) is 5.95 Å². The molecule has 0 N–H and O–H groups in total. The number of nitrogens with zero attached hydrogens (tertiary/aromatic N) is 5. The van der Waals surface area contributed by atoms with Crippen molar-refractivity contribution in [2.45, 2.75) is 18.9 Å². The molecule has 3 heterocycles. The molecule has 0 spiro atoms. The van der Waals surface area contributed by atoms with E-state index in [4.69, 9.17) is 10.00 Å². The second-order valence-corrected chi connectivity index (χ2v) is 6.78. The Labute approximate surface area is 158 Å². The van der Waals surface area contributed by atoms with Crippen molar-refractivity contribution >= 4 is 11.9 Å². The molecule has 1 aromatic heterocycles. The van der Waals surface area contributed by atoms with Gasteiger partial charge >= 0.3 is 0 Å². The zero-order valence-electron chi connectivity index (χ0n) is 15.0. The second-order valence-electron chi connectivity index (χ2n) is 6.78. The molecule has 7 heteroatoms. The van der Waals surface area contributed by atoms with Gasteiger partial charge in [0.25, 0.3) is 5.91 Å². The van der Waals surface area contributed by atoms with E-state index in [1.165, 1.54) is 12.8 Å². The summed E-state index contributed by atoms with van der Waals surface area (Å²) in [5.74, 6) is 0.686. The number of carbonyl (C=O) groups excluding carboxylic acids is 1. The Morgan fingerprint density at radius 2 is 1.93 bits per heavy atom. The van der Waals surface area contributed by atoms with E-state index < -0.39 is 0 Å². The van der Waals surface area contributed by atoms with Gasteiger partial charge in [-0.2, -0.15) is 5.26 Å². The minimum Gasteiger partial charge on any atom is -0.368 e. The highest BCUT2D eigenvalue weighted by Gasteiger charge is 2.28. The molecule has 1 amide bonds. The first-order chi connectivity index (χ1) is 13.2. The molecular formula is C20H21N5O2. The molecule has 2 saturated heterocycles. The second kappa shape index (κ2) is 7.72. The van der Waals surface area contributed by atoms with Crippen LogP contribution in [0.5, 0.6) is 0 Å². The molecule has 2 aliphatic heterocycles. The van der Waals surface area contributed by atoms with Gasteiger partial charge in [0.1, 0.15) is 6.10 Å². The molecule has 0 bridgehead atoms. The third kappa shape index (κ3) is 3.76. The number of ether oxygens (including phenoxy) is 1. The number of hydrogen-bond donors (Lipinski definition) is 0. The summed E-state index contributed by atoms with van der Waals surface area (Å²) in [5.41, 5.74) is 1.93. The van der Waals surface area contributed by atoms with E-state index in [1.807, 2.05) is 6.07 Å². The molecule has 2 fully saturated rings. The number of amides is 1. The largest absolute Gasteiger partial charge is 0.368 e. The Kier molecular flexibility index (Phi) is 4.99. The molecule has 1 unspecified atom stereocenters. The molecule has 27 heavy (non-hydrogen) atoms. The summed E-state index contributed by atoms with van der Waals surface area (Å²) in [4.78, 5) is 25.8. The zero-order chi connectivity index (χ0) is 18.6. The maximum atomic E-state index is 12.8. The summed E-state index contributed by atoms with van der Waals surface area (Å²) in [6, 6.07) is 10.6. The standard InChI is InChI=1S/C20H21N5O2/c21-13-15-3-5-16(6-4-15)19(26)25-11-12-27-18(14-25)17-7-8-22-20(23-17)24-9-1-2-10-24/h3-8,18H,1-2,9-12,14H2. The van der Waals surface area contributed by atoms with Crippen LogP contribution in [0.25, 0.3) is 0 Å². The smallest absolute Gasteiger partial charge is 0.254 e. The molecule has 0 saturated carbocycles. The van der Waals surface area contributed by atoms with E-state index in [-0.39, 0.29) is 12.0 Å². The molecule has 0 radical (unpaired) electrons. The predicted octanol–water partition coefficient (Wildman–Crippen LogP) is 2.16. The average Bonchev–Trinajstić information content (AvgIpc) is 3.28. The van der Waals surface area contributed by atoms with Gasteiger partial charge in [0.05, 0.1) is 30.5 Å². The average molecular weight is 363 g/mol. The van der Waals surface area contributed by atoms with E-state index in [9.17, 15) is 4.79 Å². The summed E-state index contributed by atoms with van der Waals surface area (Å²) in [6.07, 6.45) is 3.84. The van der Waals surface area contributed by atoms with Gasteiger partial charge in [-0.15, -0.1) is 0 Å². The number of nitriles is 1. The summed E-state index contributed by atoms with van der Waals surface area (Å²) in [6.45, 7) is 3.43. The van der Waals surface area contributed by atoms with Gasteiger partial charge in [0, 0.05) is 31.4 Å². The van der Waals surface area contributed by atoms with Crippen LogP contribution in [-0.4, -0.2) is 53.6 Å². The number of carbonyl (C=O) groups is 1. The molecular weight excluding hydrogens is 342 g/mol. The molecule has 1 atom stereocenters. The molecule has 4 rings (SSSR count). The van der Waals surface area contributed by atoms with Crippen molar-refractivity contribution in [1.82, 2.24) is 14.9 Å². The lowest BCUT2D eigenvalue weighted by Gasteiger charge is -2.33. The summed E-state index contributed by atoms with van der Waals surface area (Å²) >= 11 is 0. The fourth-order valence-corrected chi connectivity index (χ4v) is 3.49. The maximum Gasteiger partial charge on any atom is 0.254 e. The highest BCUT2D eigenvalue weighted by Crippen LogP contribution is 2.24. The first-order valence-corrected chi connectivity index (χ1v) is 9.23. The molecule has 2 aromatic rings. The lowest BCUT2D eigenvalue weighted by molar-refractivity contribution is -0.0247. The Bertz CT molecular complexity index is 855. The Morgan fingerprint density at radius 1 is 1.15 bits per heavy atom. The summed E-state index contributed by atoms with van der Waals surface area (Å²) in [5, 5.41) is 8.90. The molecule has 7 nitrogen and oxygen atoms in total.